The Kier molecular flexibility index (Phi) is 6.99. The molecule has 11 heteroatoms. The molecule has 0 aliphatic rings. The first-order valence-electron chi connectivity index (χ1n) is 9.56. The molecule has 1 heterocycles. The maximum Gasteiger partial charge on any atom is 0.417 e. The van der Waals surface area contributed by atoms with Gasteiger partial charge in [-0.15, -0.1) is 0 Å². The maximum atomic E-state index is 13.1. The third-order valence-electron chi connectivity index (χ3n) is 4.62. The highest BCUT2D eigenvalue weighted by Gasteiger charge is 2.37. The van der Waals surface area contributed by atoms with Crippen molar-refractivity contribution < 1.29 is 26.4 Å². The van der Waals surface area contributed by atoms with E-state index in [2.05, 4.69) is 10.3 Å². The average molecular weight is 466 g/mol. The number of halogens is 3. The van der Waals surface area contributed by atoms with Gasteiger partial charge in [-0.1, -0.05) is 36.4 Å². The van der Waals surface area contributed by atoms with Gasteiger partial charge in [-0.25, -0.2) is 13.4 Å². The summed E-state index contributed by atoms with van der Waals surface area (Å²) in [5.74, 6) is -0.666. The molecule has 1 atom stereocenters. The molecule has 3 aromatic rings. The van der Waals surface area contributed by atoms with Crippen molar-refractivity contribution in [2.75, 3.05) is 0 Å². The van der Waals surface area contributed by atoms with E-state index in [-0.39, 0.29) is 6.54 Å². The Labute approximate surface area is 183 Å². The topological polar surface area (TPSA) is 93.1 Å². The molecule has 1 amide bonds. The second kappa shape index (κ2) is 9.53. The zero-order valence-corrected chi connectivity index (χ0v) is 17.8. The Morgan fingerprint density at radius 3 is 2.38 bits per heavy atom. The van der Waals surface area contributed by atoms with E-state index in [9.17, 15) is 26.4 Å². The lowest BCUT2D eigenvalue weighted by molar-refractivity contribution is -0.139. The molecule has 2 N–H and O–H groups in total. The third-order valence-corrected chi connectivity index (χ3v) is 6.22. The molecule has 0 unspecified atom stereocenters. The highest BCUT2D eigenvalue weighted by atomic mass is 32.2. The lowest BCUT2D eigenvalue weighted by Crippen LogP contribution is -2.44. The van der Waals surface area contributed by atoms with E-state index in [4.69, 9.17) is 0 Å². The van der Waals surface area contributed by atoms with Gasteiger partial charge in [0.2, 0.25) is 15.9 Å². The molecule has 0 aliphatic heterocycles. The lowest BCUT2D eigenvalue weighted by atomic mass is 10.1. The Morgan fingerprint density at radius 2 is 1.75 bits per heavy atom. The molecule has 1 aromatic heterocycles. The first kappa shape index (κ1) is 23.5. The van der Waals surface area contributed by atoms with Crippen molar-refractivity contribution in [1.82, 2.24) is 19.6 Å². The minimum Gasteiger partial charge on any atom is -0.351 e. The Balaban J connectivity index is 1.59. The number of hydrogen-bond acceptors (Lipinski definition) is 4. The summed E-state index contributed by atoms with van der Waals surface area (Å²) in [5, 5.41) is 2.58. The summed E-state index contributed by atoms with van der Waals surface area (Å²) in [6, 6.07) is 9.95. The van der Waals surface area contributed by atoms with Crippen LogP contribution in [0.3, 0.4) is 0 Å². The van der Waals surface area contributed by atoms with Crippen LogP contribution in [0.4, 0.5) is 13.2 Å². The van der Waals surface area contributed by atoms with Crippen molar-refractivity contribution in [2.24, 2.45) is 0 Å². The Hall–Kier alpha value is -3.18. The monoisotopic (exact) mass is 466 g/mol. The second-order valence-electron chi connectivity index (χ2n) is 7.11. The predicted octanol–water partition coefficient (Wildman–Crippen LogP) is 2.93. The van der Waals surface area contributed by atoms with Gasteiger partial charge in [-0.2, -0.15) is 17.9 Å². The fraction of sp³-hybridized carbons (Fsp3) is 0.238. The molecule has 0 radical (unpaired) electrons. The highest BCUT2D eigenvalue weighted by Crippen LogP contribution is 2.33. The molecule has 32 heavy (non-hydrogen) atoms. The predicted molar refractivity (Wildman–Crippen MR) is 111 cm³/mol. The van der Waals surface area contributed by atoms with E-state index in [0.29, 0.717) is 12.6 Å². The molecule has 0 saturated carbocycles. The minimum absolute atomic E-state index is 0.134. The zero-order chi connectivity index (χ0) is 23.4. The zero-order valence-electron chi connectivity index (χ0n) is 17.0. The summed E-state index contributed by atoms with van der Waals surface area (Å²) >= 11 is 0. The van der Waals surface area contributed by atoms with Gasteiger partial charge in [0.25, 0.3) is 0 Å². The standard InChI is InChI=1S/C21H21F3N4O3S/c1-15(27-32(30,31)19-5-3-2-4-18(19)21(22,23)24)20(29)26-12-16-6-8-17(9-7-16)13-28-11-10-25-14-28/h2-11,14-15,27H,12-13H2,1H3,(H,26,29)/t15-/m0/s1. The van der Waals surface area contributed by atoms with E-state index in [0.717, 1.165) is 23.3 Å². The number of imidazole rings is 1. The van der Waals surface area contributed by atoms with Crippen molar-refractivity contribution >= 4 is 15.9 Å². The van der Waals surface area contributed by atoms with Crippen molar-refractivity contribution in [3.05, 3.63) is 83.9 Å². The number of sulfonamides is 1. The SMILES string of the molecule is C[C@H](NS(=O)(=O)c1ccccc1C(F)(F)F)C(=O)NCc1ccc(Cn2ccnc2)cc1. The Morgan fingerprint density at radius 1 is 1.09 bits per heavy atom. The van der Waals surface area contributed by atoms with Crippen LogP contribution in [0.5, 0.6) is 0 Å². The summed E-state index contributed by atoms with van der Waals surface area (Å²) in [4.78, 5) is 15.4. The highest BCUT2D eigenvalue weighted by molar-refractivity contribution is 7.89. The number of alkyl halides is 3. The number of nitrogens with zero attached hydrogens (tertiary/aromatic N) is 2. The van der Waals surface area contributed by atoms with Crippen molar-refractivity contribution in [2.45, 2.75) is 37.1 Å². The lowest BCUT2D eigenvalue weighted by Gasteiger charge is -2.17. The van der Waals surface area contributed by atoms with Crippen LogP contribution in [0.25, 0.3) is 0 Å². The van der Waals surface area contributed by atoms with Crippen LogP contribution in [0.2, 0.25) is 0 Å². The fourth-order valence-corrected chi connectivity index (χ4v) is 4.41. The first-order valence-corrected chi connectivity index (χ1v) is 11.0. The molecular weight excluding hydrogens is 445 g/mol. The average Bonchev–Trinajstić information content (AvgIpc) is 3.25. The largest absolute Gasteiger partial charge is 0.417 e. The van der Waals surface area contributed by atoms with Crippen LogP contribution in [-0.4, -0.2) is 29.9 Å². The molecule has 2 aromatic carbocycles. The van der Waals surface area contributed by atoms with Gasteiger partial charge in [-0.05, 0) is 30.2 Å². The van der Waals surface area contributed by atoms with Crippen LogP contribution in [-0.2, 0) is 34.1 Å². The molecule has 0 aliphatic carbocycles. The van der Waals surface area contributed by atoms with Crippen LogP contribution < -0.4 is 10.0 Å². The van der Waals surface area contributed by atoms with Gasteiger partial charge in [0, 0.05) is 25.5 Å². The van der Waals surface area contributed by atoms with E-state index >= 15 is 0 Å². The third kappa shape index (κ3) is 5.95. The van der Waals surface area contributed by atoms with Crippen LogP contribution >= 0.6 is 0 Å². The van der Waals surface area contributed by atoms with Gasteiger partial charge in [0.1, 0.15) is 0 Å². The van der Waals surface area contributed by atoms with Crippen molar-refractivity contribution in [1.29, 1.82) is 0 Å². The number of nitrogens with one attached hydrogen (secondary N) is 2. The van der Waals surface area contributed by atoms with Gasteiger partial charge >= 0.3 is 6.18 Å². The van der Waals surface area contributed by atoms with Gasteiger partial charge in [-0.3, -0.25) is 4.79 Å². The number of aromatic nitrogens is 2. The Bertz CT molecular complexity index is 1160. The molecule has 3 rings (SSSR count). The van der Waals surface area contributed by atoms with Crippen LogP contribution in [0.1, 0.15) is 23.6 Å². The fourth-order valence-electron chi connectivity index (χ4n) is 2.98. The van der Waals surface area contributed by atoms with Crippen LogP contribution in [0.15, 0.2) is 72.1 Å². The smallest absolute Gasteiger partial charge is 0.351 e. The maximum absolute atomic E-state index is 13.1. The van der Waals surface area contributed by atoms with E-state index in [1.54, 1.807) is 12.5 Å². The van der Waals surface area contributed by atoms with Crippen molar-refractivity contribution in [3.63, 3.8) is 0 Å². The molecule has 0 fully saturated rings. The summed E-state index contributed by atoms with van der Waals surface area (Å²) in [5.41, 5.74) is 0.517. The number of amides is 1. The van der Waals surface area contributed by atoms with Crippen molar-refractivity contribution in [3.8, 4) is 0 Å². The van der Waals surface area contributed by atoms with Gasteiger partial charge < -0.3 is 9.88 Å². The van der Waals surface area contributed by atoms with Gasteiger partial charge in [0.15, 0.2) is 0 Å². The summed E-state index contributed by atoms with van der Waals surface area (Å²) < 4.78 is 68.3. The van der Waals surface area contributed by atoms with Gasteiger partial charge in [0.05, 0.1) is 22.8 Å². The quantitative estimate of drug-likeness (QED) is 0.534. The molecule has 0 bridgehead atoms. The normalized spacial score (nSPS) is 13.0. The van der Waals surface area contributed by atoms with E-state index in [1.165, 1.54) is 13.0 Å². The van der Waals surface area contributed by atoms with Crippen LogP contribution in [0, 0.1) is 0 Å². The minimum atomic E-state index is -4.85. The molecular formula is C21H21F3N4O3S. The molecule has 0 saturated heterocycles. The molecule has 0 spiro atoms. The summed E-state index contributed by atoms with van der Waals surface area (Å²) in [6.07, 6.45) is 0.370. The second-order valence-corrected chi connectivity index (χ2v) is 8.79. The summed E-state index contributed by atoms with van der Waals surface area (Å²) in [7, 11) is -4.57. The number of carbonyl (C=O) groups excluding carboxylic acids is 1. The molecule has 170 valence electrons. The van der Waals surface area contributed by atoms with E-state index < -0.39 is 38.6 Å². The first-order chi connectivity index (χ1) is 15.1. The number of hydrogen-bond donors (Lipinski definition) is 2. The summed E-state index contributed by atoms with van der Waals surface area (Å²) in [6.45, 7) is 2.04. The van der Waals surface area contributed by atoms with E-state index in [1.807, 2.05) is 39.8 Å². The number of rotatable bonds is 8. The molecule has 7 nitrogen and oxygen atoms in total. The number of benzene rings is 2. The number of carbonyl (C=O) groups is 1.